The Morgan fingerprint density at radius 3 is 2.29 bits per heavy atom. The third-order valence-electron chi connectivity index (χ3n) is 25.9. The van der Waals surface area contributed by atoms with Crippen LogP contribution in [0.5, 0.6) is 0 Å². The molecule has 3 aliphatic heterocycles. The number of hydrogen-bond acceptors (Lipinski definition) is 10. The fourth-order valence-corrected chi connectivity index (χ4v) is 22.1. The van der Waals surface area contributed by atoms with Crippen molar-refractivity contribution in [1.82, 2.24) is 14.9 Å². The molecule has 0 radical (unpaired) electrons. The molecule has 8 fully saturated rings. The number of aromatic nitrogens is 2. The van der Waals surface area contributed by atoms with Crippen LogP contribution in [0.15, 0.2) is 41.7 Å². The average molecular weight is 1100 g/mol. The Hall–Kier alpha value is -3.49. The van der Waals surface area contributed by atoms with E-state index >= 15 is 9.59 Å². The molecule has 13 rings (SSSR count). The third kappa shape index (κ3) is 7.85. The number of ether oxygens (including phenoxy) is 2. The normalized spacial score (nSPS) is 40.8. The van der Waals surface area contributed by atoms with Crippen LogP contribution in [0.25, 0.3) is 11.0 Å². The molecule has 7 aliphatic carbocycles. The van der Waals surface area contributed by atoms with Crippen molar-refractivity contribution >= 4 is 28.9 Å². The molecule has 80 heavy (non-hydrogen) atoms. The number of allylic oxidation sites excluding steroid dienone is 1. The fourth-order valence-electron chi connectivity index (χ4n) is 22.1. The van der Waals surface area contributed by atoms with E-state index in [0.29, 0.717) is 102 Å². The van der Waals surface area contributed by atoms with Gasteiger partial charge in [0.25, 0.3) is 0 Å². The molecule has 2 saturated heterocycles. The zero-order valence-electron chi connectivity index (χ0n) is 49.6. The number of aliphatic hydroxyl groups is 4. The van der Waals surface area contributed by atoms with E-state index in [1.165, 1.54) is 12.0 Å². The number of aryl methyl sites for hydroxylation is 1. The summed E-state index contributed by atoms with van der Waals surface area (Å²) in [5, 5.41) is 54.6. The number of ketones is 2. The van der Waals surface area contributed by atoms with E-state index in [2.05, 4.69) is 80.1 Å². The molecule has 2 aromatic heterocycles. The smallest absolute Gasteiger partial charge is 0.160 e. The number of carbonyl (C=O) groups excluding carboxylic acids is 3. The molecule has 0 bridgehead atoms. The van der Waals surface area contributed by atoms with Crippen LogP contribution in [0.4, 0.5) is 0 Å². The lowest BCUT2D eigenvalue weighted by molar-refractivity contribution is -0.300. The van der Waals surface area contributed by atoms with Gasteiger partial charge in [-0.2, -0.15) is 0 Å². The summed E-state index contributed by atoms with van der Waals surface area (Å²) in [5.41, 5.74) is 2.93. The van der Waals surface area contributed by atoms with Gasteiger partial charge in [0, 0.05) is 85.7 Å². The number of epoxide rings is 1. The van der Waals surface area contributed by atoms with Gasteiger partial charge in [-0.25, -0.2) is 0 Å². The van der Waals surface area contributed by atoms with Crippen LogP contribution in [0.1, 0.15) is 217 Å². The summed E-state index contributed by atoms with van der Waals surface area (Å²) in [6.07, 6.45) is 19.2. The number of benzene rings is 1. The second-order valence-electron chi connectivity index (χ2n) is 30.5. The number of carbonyl (C=O) groups is 3. The fraction of sp³-hybridized carbons (Fsp3) is 0.750. The summed E-state index contributed by atoms with van der Waals surface area (Å²) in [6, 6.07) is 6.55. The number of hydrogen-bond donors (Lipinski definition) is 6. The molecule has 3 aromatic rings. The molecular weight excluding hydrogens is 1000 g/mol. The molecule has 6 saturated carbocycles. The number of aliphatic hydroxyl groups excluding tert-OH is 3. The van der Waals surface area contributed by atoms with E-state index in [1.807, 2.05) is 20.9 Å². The molecule has 6 N–H and O–H groups in total. The van der Waals surface area contributed by atoms with Crippen LogP contribution < -0.4 is 5.32 Å². The van der Waals surface area contributed by atoms with Gasteiger partial charge in [-0.1, -0.05) is 84.9 Å². The molecule has 1 aromatic carbocycles. The van der Waals surface area contributed by atoms with Gasteiger partial charge in [0.1, 0.15) is 18.2 Å². The Labute approximate surface area is 475 Å². The van der Waals surface area contributed by atoms with Crippen molar-refractivity contribution in [2.75, 3.05) is 26.8 Å². The van der Waals surface area contributed by atoms with Gasteiger partial charge in [0.2, 0.25) is 0 Å². The van der Waals surface area contributed by atoms with Crippen LogP contribution in [-0.2, 0) is 42.4 Å². The molecular formula is C68H95N3O9. The summed E-state index contributed by atoms with van der Waals surface area (Å²) >= 11 is 0. The minimum atomic E-state index is -1.07. The Morgan fingerprint density at radius 2 is 1.62 bits per heavy atom. The predicted molar refractivity (Wildman–Crippen MR) is 308 cm³/mol. The molecule has 14 atom stereocenters. The van der Waals surface area contributed by atoms with Crippen LogP contribution in [0.3, 0.4) is 0 Å². The Balaban J connectivity index is 1.02. The average Bonchev–Trinajstić information content (AvgIpc) is 1.12. The molecule has 436 valence electrons. The number of Topliss-reactive ketones (excluding diaryl/α,β-unsaturated/α-hetero) is 2. The van der Waals surface area contributed by atoms with E-state index < -0.39 is 73.8 Å². The van der Waals surface area contributed by atoms with Crippen molar-refractivity contribution in [1.29, 1.82) is 0 Å². The number of aldehydes is 1. The van der Waals surface area contributed by atoms with Gasteiger partial charge < -0.3 is 49.6 Å². The number of rotatable bonds is 11. The van der Waals surface area contributed by atoms with Gasteiger partial charge in [-0.3, -0.25) is 9.59 Å². The van der Waals surface area contributed by atoms with Crippen LogP contribution in [-0.4, -0.2) is 105 Å². The highest BCUT2D eigenvalue weighted by atomic mass is 16.6. The molecule has 5 heterocycles. The Morgan fingerprint density at radius 1 is 0.900 bits per heavy atom. The molecule has 2 spiro atoms. The molecule has 14 unspecified atom stereocenters. The predicted octanol–water partition coefficient (Wildman–Crippen LogP) is 10.8. The zero-order valence-corrected chi connectivity index (χ0v) is 49.6. The van der Waals surface area contributed by atoms with Crippen LogP contribution in [0.2, 0.25) is 0 Å². The van der Waals surface area contributed by atoms with Crippen LogP contribution in [0, 0.1) is 55.7 Å². The van der Waals surface area contributed by atoms with Crippen molar-refractivity contribution in [2.24, 2.45) is 55.7 Å². The maximum atomic E-state index is 16.1. The molecule has 12 nitrogen and oxygen atoms in total. The van der Waals surface area contributed by atoms with Gasteiger partial charge in [0.05, 0.1) is 46.5 Å². The van der Waals surface area contributed by atoms with Gasteiger partial charge in [0.15, 0.2) is 5.78 Å². The number of nitrogens with zero attached hydrogens (tertiary/aromatic N) is 1. The summed E-state index contributed by atoms with van der Waals surface area (Å²) in [7, 11) is 1.98. The van der Waals surface area contributed by atoms with E-state index in [-0.39, 0.29) is 29.1 Å². The second-order valence-corrected chi connectivity index (χ2v) is 30.5. The highest BCUT2D eigenvalue weighted by molar-refractivity contribution is 6.02. The summed E-state index contributed by atoms with van der Waals surface area (Å²) < 4.78 is 14.3. The van der Waals surface area contributed by atoms with Crippen molar-refractivity contribution in [3.05, 3.63) is 69.6 Å². The number of nitrogens with one attached hydrogen (secondary N) is 2. The van der Waals surface area contributed by atoms with Gasteiger partial charge in [-0.15, -0.1) is 0 Å². The monoisotopic (exact) mass is 1100 g/mol. The molecule has 0 amide bonds. The van der Waals surface area contributed by atoms with Gasteiger partial charge in [-0.05, 0) is 177 Å². The standard InChI is InChI=1S/C68H95N3O9/c1-60(2)58(80-60)50(75)32-61(3)20-16-41-35-70-54-46(48(38-72)43-28-42(40-14-10-9-11-15-40)29-44(30-43)68(78)23-26-79-27-24-68)36-71(55(41)54)37-47-52-53(61)49(74)33-63(52,5)64(6)39-66(18-12-13-19-66)59-62(4,22-25-69-8)51(76)34-67(21-17-45(73)31-67)65(59,7)57(64)56(47)77/h28-30,35-36,38,40,45,47-48,50,56-59,69-70,73,75,77-78H,9-27,31-34,37,39H2,1-8H3. The quantitative estimate of drug-likeness (QED) is 0.0797. The van der Waals surface area contributed by atoms with Crippen molar-refractivity contribution in [3.8, 4) is 0 Å². The topological polar surface area (TPSA) is 187 Å². The first kappa shape index (κ1) is 55.7. The SMILES string of the molecule is CNCCC1(C)C(=O)CC2(CCC(O)C2)C2(C)C1C1(CCCC1)CC1(C)C2C(O)C2Cn3cc(C(C=O)c4cc(C5CCCCC5)cc(C5(O)CCOCC5)c4)c4[nH]cc(c43)CCC(C)(CC(O)C3OC3(C)C)C3=C2C1(C)CC3=O. The Bertz CT molecular complexity index is 3010. The maximum absolute atomic E-state index is 16.1. The summed E-state index contributed by atoms with van der Waals surface area (Å²) in [5.74, 6) is -0.800. The van der Waals surface area contributed by atoms with Crippen molar-refractivity contribution in [2.45, 2.75) is 237 Å². The number of aromatic amines is 1. The molecule has 10 aliphatic rings. The zero-order chi connectivity index (χ0) is 56.4. The summed E-state index contributed by atoms with van der Waals surface area (Å²) in [4.78, 5) is 49.5. The highest BCUT2D eigenvalue weighted by Gasteiger charge is 2.81. The summed E-state index contributed by atoms with van der Waals surface area (Å²) in [6.45, 7) is 17.9. The first-order valence-electron chi connectivity index (χ1n) is 31.7. The third-order valence-corrected chi connectivity index (χ3v) is 25.9. The Kier molecular flexibility index (Phi) is 13.2. The van der Waals surface area contributed by atoms with Crippen LogP contribution >= 0.6 is 0 Å². The van der Waals surface area contributed by atoms with E-state index in [4.69, 9.17) is 9.47 Å². The number of fused-ring (bicyclic) bond motifs is 6. The van der Waals surface area contributed by atoms with Crippen molar-refractivity contribution in [3.63, 3.8) is 0 Å². The lowest BCUT2D eigenvalue weighted by Gasteiger charge is -2.78. The van der Waals surface area contributed by atoms with Crippen molar-refractivity contribution < 1.29 is 44.3 Å². The minimum Gasteiger partial charge on any atom is -0.393 e. The lowest BCUT2D eigenvalue weighted by atomic mass is 9.26. The van der Waals surface area contributed by atoms with Gasteiger partial charge >= 0.3 is 0 Å². The van der Waals surface area contributed by atoms with E-state index in [1.54, 1.807) is 0 Å². The largest absolute Gasteiger partial charge is 0.393 e. The highest BCUT2D eigenvalue weighted by Crippen LogP contribution is 2.84. The van der Waals surface area contributed by atoms with E-state index in [0.717, 1.165) is 115 Å². The van der Waals surface area contributed by atoms with E-state index in [9.17, 15) is 25.2 Å². The maximum Gasteiger partial charge on any atom is 0.160 e. The molecule has 12 heteroatoms. The second kappa shape index (κ2) is 19.0. The number of H-pyrrole nitrogens is 1. The minimum absolute atomic E-state index is 0.0480. The first-order chi connectivity index (χ1) is 38.0. The first-order valence-corrected chi connectivity index (χ1v) is 31.7. The lowest BCUT2D eigenvalue weighted by Crippen LogP contribution is -2.76.